The third kappa shape index (κ3) is 1.68. The number of hydrogen-bond donors (Lipinski definition) is 1. The van der Waals surface area contributed by atoms with Crippen LogP contribution in [-0.4, -0.2) is 21.7 Å². The van der Waals surface area contributed by atoms with Crippen molar-refractivity contribution in [2.24, 2.45) is 0 Å². The van der Waals surface area contributed by atoms with Crippen LogP contribution in [0.5, 0.6) is 11.5 Å². The smallest absolute Gasteiger partial charge is 0.231 e. The first-order valence-electron chi connectivity index (χ1n) is 6.13. The summed E-state index contributed by atoms with van der Waals surface area (Å²) in [5.74, 6) is 2.16. The molecule has 0 spiro atoms. The van der Waals surface area contributed by atoms with Crippen molar-refractivity contribution in [1.82, 2.24) is 15.0 Å². The van der Waals surface area contributed by atoms with Crippen LogP contribution in [0.2, 0.25) is 0 Å². The number of aryl methyl sites for hydroxylation is 1. The molecule has 4 rings (SSSR count). The van der Waals surface area contributed by atoms with E-state index in [1.807, 2.05) is 31.3 Å². The van der Waals surface area contributed by atoms with Gasteiger partial charge in [-0.3, -0.25) is 0 Å². The Morgan fingerprint density at radius 2 is 2.05 bits per heavy atom. The number of rotatable bonds is 1. The number of aromatic nitrogens is 3. The van der Waals surface area contributed by atoms with Gasteiger partial charge in [-0.15, -0.1) is 0 Å². The maximum Gasteiger partial charge on any atom is 0.231 e. The molecule has 1 aliphatic rings. The number of ether oxygens (including phenoxy) is 2. The number of halogens is 1. The third-order valence-corrected chi connectivity index (χ3v) is 3.92. The molecule has 6 heteroatoms. The summed E-state index contributed by atoms with van der Waals surface area (Å²) in [5.41, 5.74) is 2.65. The van der Waals surface area contributed by atoms with Crippen LogP contribution >= 0.6 is 15.9 Å². The number of hydrogen-bond acceptors (Lipinski definition) is 4. The molecule has 100 valence electrons. The van der Waals surface area contributed by atoms with Gasteiger partial charge in [0.05, 0.1) is 11.1 Å². The van der Waals surface area contributed by atoms with Gasteiger partial charge >= 0.3 is 0 Å². The molecule has 0 atom stereocenters. The van der Waals surface area contributed by atoms with Gasteiger partial charge in [-0.2, -0.15) is 0 Å². The van der Waals surface area contributed by atoms with Crippen molar-refractivity contribution < 1.29 is 9.47 Å². The predicted octanol–water partition coefficient (Wildman–Crippen LogP) is 3.42. The van der Waals surface area contributed by atoms with E-state index in [4.69, 9.17) is 9.47 Å². The fraction of sp³-hybridized carbons (Fsp3) is 0.143. The Morgan fingerprint density at radius 1 is 1.20 bits per heavy atom. The Labute approximate surface area is 123 Å². The van der Waals surface area contributed by atoms with Crippen LogP contribution in [0, 0.1) is 6.92 Å². The van der Waals surface area contributed by atoms with Gasteiger partial charge in [0, 0.05) is 16.2 Å². The first-order chi connectivity index (χ1) is 9.72. The zero-order valence-corrected chi connectivity index (χ0v) is 12.2. The first kappa shape index (κ1) is 11.7. The molecule has 20 heavy (non-hydrogen) atoms. The molecular formula is C14H10BrN3O2. The molecule has 5 nitrogen and oxygen atoms in total. The number of benzene rings is 1. The van der Waals surface area contributed by atoms with Crippen molar-refractivity contribution in [2.75, 3.05) is 6.79 Å². The Hall–Kier alpha value is -2.08. The molecule has 0 fully saturated rings. The molecule has 1 N–H and O–H groups in total. The van der Waals surface area contributed by atoms with E-state index >= 15 is 0 Å². The monoisotopic (exact) mass is 331 g/mol. The fourth-order valence-corrected chi connectivity index (χ4v) is 2.92. The van der Waals surface area contributed by atoms with Crippen molar-refractivity contribution in [3.05, 3.63) is 34.6 Å². The maximum atomic E-state index is 5.39. The van der Waals surface area contributed by atoms with Crippen LogP contribution < -0.4 is 9.47 Å². The minimum absolute atomic E-state index is 0.265. The lowest BCUT2D eigenvalue weighted by Crippen LogP contribution is -1.94. The Bertz CT molecular complexity index is 829. The van der Waals surface area contributed by atoms with Gasteiger partial charge in [0.15, 0.2) is 17.3 Å². The molecular weight excluding hydrogens is 322 g/mol. The minimum Gasteiger partial charge on any atom is -0.454 e. The summed E-state index contributed by atoms with van der Waals surface area (Å²) in [6.45, 7) is 2.24. The normalized spacial score (nSPS) is 13.1. The average Bonchev–Trinajstić information content (AvgIpc) is 3.04. The molecule has 0 aliphatic carbocycles. The largest absolute Gasteiger partial charge is 0.454 e. The number of aromatic amines is 1. The van der Waals surface area contributed by atoms with Gasteiger partial charge in [-0.05, 0) is 41.1 Å². The zero-order valence-electron chi connectivity index (χ0n) is 10.6. The second kappa shape index (κ2) is 4.21. The highest BCUT2D eigenvalue weighted by atomic mass is 79.9. The molecule has 1 aliphatic heterocycles. The van der Waals surface area contributed by atoms with E-state index < -0.39 is 0 Å². The lowest BCUT2D eigenvalue weighted by Gasteiger charge is -2.04. The van der Waals surface area contributed by atoms with Gasteiger partial charge < -0.3 is 14.5 Å². The molecule has 0 saturated heterocycles. The zero-order chi connectivity index (χ0) is 13.7. The van der Waals surface area contributed by atoms with Gasteiger partial charge in [-0.25, -0.2) is 9.97 Å². The summed E-state index contributed by atoms with van der Waals surface area (Å²) in [4.78, 5) is 12.3. The highest BCUT2D eigenvalue weighted by Gasteiger charge is 2.16. The number of nitrogens with zero attached hydrogens (tertiary/aromatic N) is 2. The minimum atomic E-state index is 0.265. The predicted molar refractivity (Wildman–Crippen MR) is 77.9 cm³/mol. The first-order valence-corrected chi connectivity index (χ1v) is 6.93. The summed E-state index contributed by atoms with van der Waals surface area (Å²) >= 11 is 3.49. The van der Waals surface area contributed by atoms with Crippen LogP contribution in [0.3, 0.4) is 0 Å². The second-order valence-corrected chi connectivity index (χ2v) is 5.42. The molecule has 2 aromatic heterocycles. The molecule has 0 radical (unpaired) electrons. The van der Waals surface area contributed by atoms with Crippen molar-refractivity contribution in [3.63, 3.8) is 0 Å². The van der Waals surface area contributed by atoms with E-state index in [2.05, 4.69) is 30.9 Å². The standard InChI is InChI=1S/C14H10BrN3O2/c1-7-12-9(15)5-16-14(12)18-13(17-7)8-2-3-10-11(4-8)20-6-19-10/h2-5H,6H2,1H3,(H,16,17,18). The molecule has 3 aromatic rings. The van der Waals surface area contributed by atoms with Crippen molar-refractivity contribution >= 4 is 27.0 Å². The molecule has 0 unspecified atom stereocenters. The molecule has 0 saturated carbocycles. The number of fused-ring (bicyclic) bond motifs is 2. The third-order valence-electron chi connectivity index (χ3n) is 3.30. The second-order valence-electron chi connectivity index (χ2n) is 4.56. The topological polar surface area (TPSA) is 60.0 Å². The van der Waals surface area contributed by atoms with E-state index in [1.54, 1.807) is 0 Å². The quantitative estimate of drug-likeness (QED) is 0.742. The average molecular weight is 332 g/mol. The van der Waals surface area contributed by atoms with E-state index in [0.29, 0.717) is 5.82 Å². The molecule has 0 amide bonds. The van der Waals surface area contributed by atoms with Crippen molar-refractivity contribution in [1.29, 1.82) is 0 Å². The highest BCUT2D eigenvalue weighted by molar-refractivity contribution is 9.10. The summed E-state index contributed by atoms with van der Waals surface area (Å²) in [6.07, 6.45) is 1.87. The SMILES string of the molecule is Cc1nc(-c2ccc3c(c2)OCO3)nc2[nH]cc(Br)c12. The van der Waals surface area contributed by atoms with Crippen LogP contribution in [0.1, 0.15) is 5.69 Å². The van der Waals surface area contributed by atoms with Crippen molar-refractivity contribution in [3.8, 4) is 22.9 Å². The van der Waals surface area contributed by atoms with Gasteiger partial charge in [0.1, 0.15) is 5.65 Å². The maximum absolute atomic E-state index is 5.39. The summed E-state index contributed by atoms with van der Waals surface area (Å²) in [5, 5.41) is 1.01. The highest BCUT2D eigenvalue weighted by Crippen LogP contribution is 2.35. The van der Waals surface area contributed by atoms with Crippen molar-refractivity contribution in [2.45, 2.75) is 6.92 Å². The summed E-state index contributed by atoms with van der Waals surface area (Å²) in [7, 11) is 0. The van der Waals surface area contributed by atoms with Crippen LogP contribution in [0.4, 0.5) is 0 Å². The van der Waals surface area contributed by atoms with Crippen LogP contribution in [0.15, 0.2) is 28.9 Å². The van der Waals surface area contributed by atoms with E-state index in [9.17, 15) is 0 Å². The Morgan fingerprint density at radius 3 is 2.95 bits per heavy atom. The van der Waals surface area contributed by atoms with E-state index in [1.165, 1.54) is 0 Å². The van der Waals surface area contributed by atoms with E-state index in [-0.39, 0.29) is 6.79 Å². The summed E-state index contributed by atoms with van der Waals surface area (Å²) in [6, 6.07) is 5.72. The lowest BCUT2D eigenvalue weighted by molar-refractivity contribution is 0.174. The molecule has 1 aromatic carbocycles. The summed E-state index contributed by atoms with van der Waals surface area (Å²) < 4.78 is 11.7. The van der Waals surface area contributed by atoms with Gasteiger partial charge in [0.25, 0.3) is 0 Å². The van der Waals surface area contributed by atoms with Crippen LogP contribution in [-0.2, 0) is 0 Å². The van der Waals surface area contributed by atoms with E-state index in [0.717, 1.165) is 38.3 Å². The number of nitrogens with one attached hydrogen (secondary N) is 1. The fourth-order valence-electron chi connectivity index (χ4n) is 2.33. The Kier molecular flexibility index (Phi) is 2.47. The number of H-pyrrole nitrogens is 1. The lowest BCUT2D eigenvalue weighted by atomic mass is 10.2. The van der Waals surface area contributed by atoms with Gasteiger partial charge in [0.2, 0.25) is 6.79 Å². The molecule has 3 heterocycles. The molecule has 0 bridgehead atoms. The van der Waals surface area contributed by atoms with Crippen LogP contribution in [0.25, 0.3) is 22.4 Å². The van der Waals surface area contributed by atoms with Gasteiger partial charge in [-0.1, -0.05) is 0 Å². The Balaban J connectivity index is 1.90.